The molecule has 0 amide bonds. The van der Waals surface area contributed by atoms with Crippen LogP contribution in [0.4, 0.5) is 0 Å². The summed E-state index contributed by atoms with van der Waals surface area (Å²) in [6, 6.07) is 0. The first-order valence-corrected chi connectivity index (χ1v) is 4.57. The number of aromatic amines is 1. The number of aromatic nitrogens is 2. The van der Waals surface area contributed by atoms with Crippen molar-refractivity contribution in [2.24, 2.45) is 0 Å². The van der Waals surface area contributed by atoms with E-state index in [2.05, 4.69) is 16.8 Å². The second-order valence-electron chi connectivity index (χ2n) is 2.48. The van der Waals surface area contributed by atoms with Gasteiger partial charge in [0.2, 0.25) is 0 Å². The molecule has 0 bridgehead atoms. The highest BCUT2D eigenvalue weighted by molar-refractivity contribution is 5.69. The van der Waals surface area contributed by atoms with E-state index < -0.39 is 0 Å². The number of H-pyrrole nitrogens is 1. The topological polar surface area (TPSA) is 28.7 Å². The van der Waals surface area contributed by atoms with Crippen molar-refractivity contribution in [2.75, 3.05) is 0 Å². The summed E-state index contributed by atoms with van der Waals surface area (Å²) >= 11 is 0. The smallest absolute Gasteiger partial charge is 0.0649 e. The summed E-state index contributed by atoms with van der Waals surface area (Å²) in [5, 5.41) is 6.82. The lowest BCUT2D eigenvalue weighted by Crippen LogP contribution is -1.78. The molecule has 1 N–H and O–H groups in total. The molecule has 1 heterocycles. The fourth-order valence-electron chi connectivity index (χ4n) is 0.930. The molecule has 0 aliphatic carbocycles. The maximum absolute atomic E-state index is 3.92. The second kappa shape index (κ2) is 6.23. The van der Waals surface area contributed by atoms with E-state index in [0.717, 1.165) is 16.8 Å². The molecule has 13 heavy (non-hydrogen) atoms. The van der Waals surface area contributed by atoms with Crippen LogP contribution < -0.4 is 0 Å². The SMILES string of the molecule is C=C(C)c1cn[nH]c1/C=C\C.CC. The molecule has 1 aromatic rings. The van der Waals surface area contributed by atoms with Crippen molar-refractivity contribution in [2.45, 2.75) is 27.7 Å². The summed E-state index contributed by atoms with van der Waals surface area (Å²) in [4.78, 5) is 0. The van der Waals surface area contributed by atoms with Gasteiger partial charge >= 0.3 is 0 Å². The van der Waals surface area contributed by atoms with Crippen LogP contribution in [0.1, 0.15) is 39.0 Å². The van der Waals surface area contributed by atoms with E-state index in [1.165, 1.54) is 0 Å². The average molecular weight is 178 g/mol. The molecule has 0 unspecified atom stereocenters. The number of rotatable bonds is 2. The van der Waals surface area contributed by atoms with Crippen LogP contribution in [-0.4, -0.2) is 10.2 Å². The molecule has 0 saturated heterocycles. The normalized spacial score (nSPS) is 9.54. The van der Waals surface area contributed by atoms with Gasteiger partial charge in [0.05, 0.1) is 11.9 Å². The van der Waals surface area contributed by atoms with Gasteiger partial charge in [-0.1, -0.05) is 26.5 Å². The molecule has 0 aliphatic heterocycles. The van der Waals surface area contributed by atoms with E-state index >= 15 is 0 Å². The van der Waals surface area contributed by atoms with Gasteiger partial charge in [-0.2, -0.15) is 5.10 Å². The van der Waals surface area contributed by atoms with Gasteiger partial charge in [-0.15, -0.1) is 0 Å². The molecule has 0 spiro atoms. The molecule has 0 aliphatic rings. The van der Waals surface area contributed by atoms with Crippen LogP contribution in [0.2, 0.25) is 0 Å². The minimum absolute atomic E-state index is 1.03. The van der Waals surface area contributed by atoms with Crippen molar-refractivity contribution in [1.82, 2.24) is 10.2 Å². The van der Waals surface area contributed by atoms with E-state index in [1.54, 1.807) is 6.20 Å². The number of hydrogen-bond donors (Lipinski definition) is 1. The Morgan fingerprint density at radius 1 is 1.54 bits per heavy atom. The minimum atomic E-state index is 1.03. The van der Waals surface area contributed by atoms with Gasteiger partial charge < -0.3 is 0 Å². The number of allylic oxidation sites excluding steroid dienone is 2. The highest BCUT2D eigenvalue weighted by Crippen LogP contribution is 2.15. The molecule has 0 saturated carbocycles. The molecule has 2 nitrogen and oxygen atoms in total. The Labute approximate surface area is 80.4 Å². The van der Waals surface area contributed by atoms with Crippen molar-refractivity contribution in [3.8, 4) is 0 Å². The molecule has 2 heteroatoms. The largest absolute Gasteiger partial charge is 0.278 e. The van der Waals surface area contributed by atoms with E-state index in [0.29, 0.717) is 0 Å². The fraction of sp³-hybridized carbons (Fsp3) is 0.364. The second-order valence-corrected chi connectivity index (χ2v) is 2.48. The standard InChI is InChI=1S/C9H12N2.C2H6/c1-4-5-9-8(7(2)3)6-10-11-9;1-2/h4-6H,2H2,1,3H3,(H,10,11);1-2H3/b5-4-;. The molecule has 0 aromatic carbocycles. The molecule has 1 rings (SSSR count). The molecular weight excluding hydrogens is 160 g/mol. The third-order valence-corrected chi connectivity index (χ3v) is 1.46. The van der Waals surface area contributed by atoms with Crippen LogP contribution in [0.15, 0.2) is 18.9 Å². The van der Waals surface area contributed by atoms with Crippen LogP contribution in [0.25, 0.3) is 11.6 Å². The number of hydrogen-bond acceptors (Lipinski definition) is 1. The predicted octanol–water partition coefficient (Wildman–Crippen LogP) is 3.50. The van der Waals surface area contributed by atoms with Gasteiger partial charge in [-0.05, 0) is 25.5 Å². The number of nitrogens with one attached hydrogen (secondary N) is 1. The third-order valence-electron chi connectivity index (χ3n) is 1.46. The van der Waals surface area contributed by atoms with Crippen LogP contribution in [0.3, 0.4) is 0 Å². The van der Waals surface area contributed by atoms with E-state index in [9.17, 15) is 0 Å². The van der Waals surface area contributed by atoms with Gasteiger partial charge in [0.15, 0.2) is 0 Å². The predicted molar refractivity (Wildman–Crippen MR) is 59.4 cm³/mol. The lowest BCUT2D eigenvalue weighted by atomic mass is 10.1. The number of nitrogens with zero attached hydrogens (tertiary/aromatic N) is 1. The highest BCUT2D eigenvalue weighted by atomic mass is 15.1. The zero-order chi connectivity index (χ0) is 10.3. The van der Waals surface area contributed by atoms with Crippen LogP contribution in [0.5, 0.6) is 0 Å². The summed E-state index contributed by atoms with van der Waals surface area (Å²) in [5.74, 6) is 0. The maximum atomic E-state index is 3.92. The van der Waals surface area contributed by atoms with Gasteiger partial charge in [0.25, 0.3) is 0 Å². The average Bonchev–Trinajstić information content (AvgIpc) is 2.57. The Morgan fingerprint density at radius 3 is 2.62 bits per heavy atom. The van der Waals surface area contributed by atoms with Crippen LogP contribution in [-0.2, 0) is 0 Å². The Hall–Kier alpha value is -1.31. The van der Waals surface area contributed by atoms with E-state index in [4.69, 9.17) is 0 Å². The monoisotopic (exact) mass is 178 g/mol. The lowest BCUT2D eigenvalue weighted by molar-refractivity contribution is 1.08. The molecule has 72 valence electrons. The Kier molecular flexibility index (Phi) is 5.60. The molecular formula is C11H18N2. The van der Waals surface area contributed by atoms with Gasteiger partial charge in [0.1, 0.15) is 0 Å². The summed E-state index contributed by atoms with van der Waals surface area (Å²) in [5.41, 5.74) is 3.15. The molecule has 1 aromatic heterocycles. The van der Waals surface area contributed by atoms with Crippen molar-refractivity contribution >= 4 is 11.6 Å². The van der Waals surface area contributed by atoms with Crippen LogP contribution >= 0.6 is 0 Å². The Bertz CT molecular complexity index is 282. The van der Waals surface area contributed by atoms with Gasteiger partial charge in [0, 0.05) is 5.56 Å². The zero-order valence-electron chi connectivity index (χ0n) is 8.89. The summed E-state index contributed by atoms with van der Waals surface area (Å²) in [6.45, 7) is 11.8. The van der Waals surface area contributed by atoms with Gasteiger partial charge in [-0.25, -0.2) is 0 Å². The van der Waals surface area contributed by atoms with Crippen LogP contribution in [0, 0.1) is 0 Å². The summed E-state index contributed by atoms with van der Waals surface area (Å²) < 4.78 is 0. The maximum Gasteiger partial charge on any atom is 0.0649 e. The molecule has 0 atom stereocenters. The first-order valence-electron chi connectivity index (χ1n) is 4.57. The molecule has 0 fully saturated rings. The zero-order valence-corrected chi connectivity index (χ0v) is 8.89. The quantitative estimate of drug-likeness (QED) is 0.737. The first kappa shape index (κ1) is 11.7. The Balaban J connectivity index is 0.000000671. The highest BCUT2D eigenvalue weighted by Gasteiger charge is 2.00. The van der Waals surface area contributed by atoms with E-state index in [-0.39, 0.29) is 0 Å². The van der Waals surface area contributed by atoms with Crippen molar-refractivity contribution in [3.05, 3.63) is 30.1 Å². The summed E-state index contributed by atoms with van der Waals surface area (Å²) in [6.07, 6.45) is 5.74. The minimum Gasteiger partial charge on any atom is -0.278 e. The van der Waals surface area contributed by atoms with Crippen molar-refractivity contribution in [3.63, 3.8) is 0 Å². The van der Waals surface area contributed by atoms with Crippen molar-refractivity contribution in [1.29, 1.82) is 0 Å². The summed E-state index contributed by atoms with van der Waals surface area (Å²) in [7, 11) is 0. The fourth-order valence-corrected chi connectivity index (χ4v) is 0.930. The molecule has 0 radical (unpaired) electrons. The lowest BCUT2D eigenvalue weighted by Gasteiger charge is -1.94. The third kappa shape index (κ3) is 3.28. The Morgan fingerprint density at radius 2 is 2.15 bits per heavy atom. The van der Waals surface area contributed by atoms with E-state index in [1.807, 2.05) is 39.8 Å². The first-order chi connectivity index (χ1) is 6.25. The van der Waals surface area contributed by atoms with Crippen molar-refractivity contribution < 1.29 is 0 Å². The van der Waals surface area contributed by atoms with Gasteiger partial charge in [-0.3, -0.25) is 5.10 Å².